The number of para-hydroxylation sites is 1. The summed E-state index contributed by atoms with van der Waals surface area (Å²) >= 11 is 0. The van der Waals surface area contributed by atoms with Crippen molar-refractivity contribution in [2.75, 3.05) is 5.32 Å². The van der Waals surface area contributed by atoms with Crippen LogP contribution in [0.5, 0.6) is 11.5 Å². The number of nitrogens with one attached hydrogen (secondary N) is 1. The van der Waals surface area contributed by atoms with E-state index in [0.29, 0.717) is 11.5 Å². The zero-order valence-corrected chi connectivity index (χ0v) is 13.4. The van der Waals surface area contributed by atoms with E-state index in [4.69, 9.17) is 4.74 Å². The first-order chi connectivity index (χ1) is 12.3. The number of aromatic nitrogens is 3. The molecule has 1 aliphatic carbocycles. The average Bonchev–Trinajstić information content (AvgIpc) is 3.46. The van der Waals surface area contributed by atoms with Gasteiger partial charge >= 0.3 is 0 Å². The lowest BCUT2D eigenvalue weighted by Gasteiger charge is -2.06. The molecule has 1 N–H and O–H groups in total. The minimum Gasteiger partial charge on any atom is -0.454 e. The number of ether oxygens (including phenoxy) is 1. The van der Waals surface area contributed by atoms with Crippen molar-refractivity contribution in [2.24, 2.45) is 5.92 Å². The second kappa shape index (κ2) is 6.68. The number of rotatable bonds is 5. The molecular formula is C19H16N4O2. The maximum absolute atomic E-state index is 12.3. The predicted octanol–water partition coefficient (Wildman–Crippen LogP) is 3.41. The normalized spacial score (nSPS) is 18.4. The molecule has 2 aromatic heterocycles. The number of nitrogens with zero attached hydrogens (tertiary/aromatic N) is 3. The van der Waals surface area contributed by atoms with Gasteiger partial charge in [-0.2, -0.15) is 0 Å². The number of hydrogen-bond donors (Lipinski definition) is 1. The summed E-state index contributed by atoms with van der Waals surface area (Å²) < 4.78 is 5.63. The van der Waals surface area contributed by atoms with Crippen molar-refractivity contribution >= 4 is 11.9 Å². The molecule has 1 aliphatic rings. The van der Waals surface area contributed by atoms with Gasteiger partial charge in [0.15, 0.2) is 5.75 Å². The highest BCUT2D eigenvalue weighted by molar-refractivity contribution is 5.93. The van der Waals surface area contributed by atoms with Crippen LogP contribution in [0.1, 0.15) is 17.9 Å². The van der Waals surface area contributed by atoms with Gasteiger partial charge in [-0.1, -0.05) is 18.2 Å². The van der Waals surface area contributed by atoms with Crippen molar-refractivity contribution in [3.63, 3.8) is 0 Å². The Balaban J connectivity index is 1.35. The molecule has 6 nitrogen and oxygen atoms in total. The van der Waals surface area contributed by atoms with E-state index in [1.165, 1.54) is 0 Å². The van der Waals surface area contributed by atoms with Crippen molar-refractivity contribution < 1.29 is 9.53 Å². The first kappa shape index (κ1) is 15.3. The molecule has 0 unspecified atom stereocenters. The van der Waals surface area contributed by atoms with E-state index in [1.54, 1.807) is 24.8 Å². The second-order valence-corrected chi connectivity index (χ2v) is 5.88. The van der Waals surface area contributed by atoms with Gasteiger partial charge in [0.05, 0.1) is 12.4 Å². The fourth-order valence-electron chi connectivity index (χ4n) is 2.72. The number of hydrogen-bond acceptors (Lipinski definition) is 5. The largest absolute Gasteiger partial charge is 0.454 e. The molecular weight excluding hydrogens is 316 g/mol. The number of benzene rings is 1. The van der Waals surface area contributed by atoms with Gasteiger partial charge in [-0.05, 0) is 42.2 Å². The molecule has 1 saturated carbocycles. The molecule has 1 aromatic carbocycles. The molecule has 0 spiro atoms. The third-order valence-corrected chi connectivity index (χ3v) is 4.10. The molecule has 0 radical (unpaired) electrons. The topological polar surface area (TPSA) is 77.0 Å². The van der Waals surface area contributed by atoms with Crippen molar-refractivity contribution in [1.29, 1.82) is 0 Å². The van der Waals surface area contributed by atoms with Gasteiger partial charge in [0.25, 0.3) is 0 Å². The summed E-state index contributed by atoms with van der Waals surface area (Å²) in [6.45, 7) is 0. The van der Waals surface area contributed by atoms with Crippen molar-refractivity contribution in [1.82, 2.24) is 15.0 Å². The van der Waals surface area contributed by atoms with E-state index < -0.39 is 0 Å². The van der Waals surface area contributed by atoms with Crippen LogP contribution < -0.4 is 10.1 Å². The standard InChI is InChI=1S/C19H16N4O2/c24-18(17-10-16(17)13-6-8-20-9-7-13)23-19-21-11-15(12-22-19)25-14-4-2-1-3-5-14/h1-9,11-12,16-17H,10H2,(H,21,22,23,24)/t16-,17+/m0/s1. The van der Waals surface area contributed by atoms with Crippen molar-refractivity contribution in [3.8, 4) is 11.5 Å². The third kappa shape index (κ3) is 3.63. The van der Waals surface area contributed by atoms with Crippen LogP contribution in [0.2, 0.25) is 0 Å². The molecule has 2 heterocycles. The summed E-state index contributed by atoms with van der Waals surface area (Å²) in [7, 11) is 0. The average molecular weight is 332 g/mol. The van der Waals surface area contributed by atoms with Crippen LogP contribution >= 0.6 is 0 Å². The van der Waals surface area contributed by atoms with Gasteiger partial charge in [-0.25, -0.2) is 9.97 Å². The van der Waals surface area contributed by atoms with Crippen LogP contribution in [-0.4, -0.2) is 20.9 Å². The molecule has 0 saturated heterocycles. The Kier molecular flexibility index (Phi) is 4.08. The summed E-state index contributed by atoms with van der Waals surface area (Å²) in [4.78, 5) is 24.6. The predicted molar refractivity (Wildman–Crippen MR) is 92.3 cm³/mol. The van der Waals surface area contributed by atoms with Crippen LogP contribution in [0.3, 0.4) is 0 Å². The lowest BCUT2D eigenvalue weighted by Crippen LogP contribution is -2.16. The number of carbonyl (C=O) groups is 1. The molecule has 2 atom stereocenters. The molecule has 3 aromatic rings. The molecule has 124 valence electrons. The monoisotopic (exact) mass is 332 g/mol. The first-order valence-corrected chi connectivity index (χ1v) is 8.05. The van der Waals surface area contributed by atoms with Crippen LogP contribution in [0.25, 0.3) is 0 Å². The van der Waals surface area contributed by atoms with Crippen LogP contribution in [0.15, 0.2) is 67.3 Å². The Bertz CT molecular complexity index is 854. The molecule has 1 amide bonds. The smallest absolute Gasteiger partial charge is 0.230 e. The molecule has 25 heavy (non-hydrogen) atoms. The summed E-state index contributed by atoms with van der Waals surface area (Å²) in [6, 6.07) is 13.3. The maximum Gasteiger partial charge on any atom is 0.230 e. The lowest BCUT2D eigenvalue weighted by atomic mass is 10.1. The number of anilines is 1. The van der Waals surface area contributed by atoms with Gasteiger partial charge in [-0.3, -0.25) is 15.1 Å². The van der Waals surface area contributed by atoms with E-state index in [0.717, 1.165) is 12.0 Å². The molecule has 0 bridgehead atoms. The SMILES string of the molecule is O=C(Nc1ncc(Oc2ccccc2)cn1)[C@@H]1C[C@H]1c1ccncc1. The van der Waals surface area contributed by atoms with Gasteiger partial charge < -0.3 is 4.74 Å². The lowest BCUT2D eigenvalue weighted by molar-refractivity contribution is -0.117. The first-order valence-electron chi connectivity index (χ1n) is 8.05. The zero-order valence-electron chi connectivity index (χ0n) is 13.4. The van der Waals surface area contributed by atoms with E-state index in [-0.39, 0.29) is 23.7 Å². The van der Waals surface area contributed by atoms with Gasteiger partial charge in [0.2, 0.25) is 11.9 Å². The molecule has 1 fully saturated rings. The van der Waals surface area contributed by atoms with Crippen molar-refractivity contribution in [2.45, 2.75) is 12.3 Å². The van der Waals surface area contributed by atoms with E-state index in [2.05, 4.69) is 20.3 Å². The second-order valence-electron chi connectivity index (χ2n) is 5.88. The Morgan fingerprint density at radius 3 is 2.44 bits per heavy atom. The maximum atomic E-state index is 12.3. The Morgan fingerprint density at radius 2 is 1.72 bits per heavy atom. The summed E-state index contributed by atoms with van der Waals surface area (Å²) in [6.07, 6.45) is 7.42. The van der Waals surface area contributed by atoms with Crippen molar-refractivity contribution in [3.05, 3.63) is 72.8 Å². The van der Waals surface area contributed by atoms with Gasteiger partial charge in [0, 0.05) is 18.3 Å². The molecule has 4 rings (SSSR count). The van der Waals surface area contributed by atoms with E-state index in [9.17, 15) is 4.79 Å². The highest BCUT2D eigenvalue weighted by Gasteiger charge is 2.44. The highest BCUT2D eigenvalue weighted by atomic mass is 16.5. The Morgan fingerprint density at radius 1 is 1.00 bits per heavy atom. The third-order valence-electron chi connectivity index (χ3n) is 4.10. The molecule has 0 aliphatic heterocycles. The fraction of sp³-hybridized carbons (Fsp3) is 0.158. The number of amides is 1. The summed E-state index contributed by atoms with van der Waals surface area (Å²) in [5.41, 5.74) is 1.14. The van der Waals surface area contributed by atoms with E-state index in [1.807, 2.05) is 42.5 Å². The minimum atomic E-state index is -0.0569. The summed E-state index contributed by atoms with van der Waals surface area (Å²) in [5.74, 6) is 1.67. The quantitative estimate of drug-likeness (QED) is 0.775. The summed E-state index contributed by atoms with van der Waals surface area (Å²) in [5, 5.41) is 2.76. The molecule has 6 heteroatoms. The highest BCUT2D eigenvalue weighted by Crippen LogP contribution is 2.47. The Hall–Kier alpha value is -3.28. The van der Waals surface area contributed by atoms with Gasteiger partial charge in [0.1, 0.15) is 5.75 Å². The fourth-order valence-corrected chi connectivity index (χ4v) is 2.72. The van der Waals surface area contributed by atoms with E-state index >= 15 is 0 Å². The van der Waals surface area contributed by atoms with Crippen LogP contribution in [0, 0.1) is 5.92 Å². The van der Waals surface area contributed by atoms with Crippen LogP contribution in [0.4, 0.5) is 5.95 Å². The van der Waals surface area contributed by atoms with Gasteiger partial charge in [-0.15, -0.1) is 0 Å². The number of carbonyl (C=O) groups excluding carboxylic acids is 1. The Labute approximate surface area is 144 Å². The minimum absolute atomic E-state index is 0.0359. The number of pyridine rings is 1. The zero-order chi connectivity index (χ0) is 17.1. The van der Waals surface area contributed by atoms with Crippen LogP contribution in [-0.2, 0) is 4.79 Å².